The van der Waals surface area contributed by atoms with Crippen LogP contribution in [0.15, 0.2) is 23.5 Å². The van der Waals surface area contributed by atoms with Crippen molar-refractivity contribution in [3.05, 3.63) is 23.5 Å². The Bertz CT molecular complexity index is 472. The number of rotatable bonds is 7. The lowest BCUT2D eigenvalue weighted by molar-refractivity contribution is -0.137. The van der Waals surface area contributed by atoms with E-state index in [9.17, 15) is 9.18 Å². The number of alkyl halides is 1. The van der Waals surface area contributed by atoms with Crippen LogP contribution in [-0.4, -0.2) is 61.7 Å². The van der Waals surface area contributed by atoms with Crippen molar-refractivity contribution in [1.82, 2.24) is 9.80 Å². The zero-order chi connectivity index (χ0) is 16.8. The number of hydrogen-bond acceptors (Lipinski definition) is 3. The molecule has 1 unspecified atom stereocenters. The summed E-state index contributed by atoms with van der Waals surface area (Å²) in [6.07, 6.45) is 8.83. The van der Waals surface area contributed by atoms with Gasteiger partial charge in [0, 0.05) is 25.2 Å². The Labute approximate surface area is 139 Å². The van der Waals surface area contributed by atoms with E-state index in [0.717, 1.165) is 38.6 Å². The molecule has 0 bridgehead atoms. The number of hydrogen-bond donors (Lipinski definition) is 0. The Hall–Kier alpha value is -1.36. The van der Waals surface area contributed by atoms with E-state index in [0.29, 0.717) is 23.9 Å². The van der Waals surface area contributed by atoms with Crippen molar-refractivity contribution in [1.29, 1.82) is 0 Å². The molecule has 0 aromatic heterocycles. The second-order valence-corrected chi connectivity index (χ2v) is 6.47. The average molecular weight is 324 g/mol. The summed E-state index contributed by atoms with van der Waals surface area (Å²) in [4.78, 5) is 16.8. The molecule has 0 aromatic rings. The van der Waals surface area contributed by atoms with Gasteiger partial charge in [0.05, 0.1) is 13.2 Å². The van der Waals surface area contributed by atoms with Crippen LogP contribution in [-0.2, 0) is 9.53 Å². The fourth-order valence-corrected chi connectivity index (χ4v) is 3.25. The highest BCUT2D eigenvalue weighted by molar-refractivity contribution is 5.82. The largest absolute Gasteiger partial charge is 0.497 e. The van der Waals surface area contributed by atoms with Gasteiger partial charge in [0.2, 0.25) is 5.91 Å². The Balaban J connectivity index is 2.12. The summed E-state index contributed by atoms with van der Waals surface area (Å²) in [6.45, 7) is 2.63. The molecule has 0 N–H and O–H groups in total. The van der Waals surface area contributed by atoms with Gasteiger partial charge in [0.15, 0.2) is 0 Å². The summed E-state index contributed by atoms with van der Waals surface area (Å²) in [7, 11) is 3.46. The maximum Gasteiger partial charge on any atom is 0.239 e. The summed E-state index contributed by atoms with van der Waals surface area (Å²) >= 11 is 0. The van der Waals surface area contributed by atoms with Crippen LogP contribution in [0.1, 0.15) is 39.0 Å². The second kappa shape index (κ2) is 8.48. The minimum Gasteiger partial charge on any atom is -0.497 e. The molecule has 0 radical (unpaired) electrons. The van der Waals surface area contributed by atoms with Crippen LogP contribution < -0.4 is 0 Å². The number of likely N-dealkylation sites (tertiary alicyclic amines) is 1. The molecule has 130 valence electrons. The molecule has 1 saturated heterocycles. The molecule has 1 aliphatic heterocycles. The number of piperidine rings is 1. The fraction of sp³-hybridized carbons (Fsp3) is 0.722. The SMILES string of the molecule is C/C=C\C(OC)=C(/CF)CN1CCCCC1C(=O)N(C)C1CC1. The molecule has 1 aliphatic carbocycles. The normalized spacial score (nSPS) is 23.7. The van der Waals surface area contributed by atoms with Crippen molar-refractivity contribution in [2.24, 2.45) is 0 Å². The molecule has 1 saturated carbocycles. The van der Waals surface area contributed by atoms with Crippen LogP contribution in [0.4, 0.5) is 4.39 Å². The first kappa shape index (κ1) is 18.0. The van der Waals surface area contributed by atoms with Gasteiger partial charge < -0.3 is 9.64 Å². The molecule has 1 heterocycles. The van der Waals surface area contributed by atoms with E-state index in [1.54, 1.807) is 13.2 Å². The number of methoxy groups -OCH3 is 1. The van der Waals surface area contributed by atoms with E-state index in [1.165, 1.54) is 0 Å². The standard InChI is InChI=1S/C18H29FN2O2/c1-4-7-17(23-3)14(12-19)13-21-11-6-5-8-16(21)18(22)20(2)15-9-10-15/h4,7,15-16H,5-6,8-13H2,1-3H3/b7-4-,17-14-. The van der Waals surface area contributed by atoms with Crippen molar-refractivity contribution in [2.45, 2.75) is 51.1 Å². The van der Waals surface area contributed by atoms with E-state index in [4.69, 9.17) is 4.74 Å². The van der Waals surface area contributed by atoms with Crippen LogP contribution in [0.25, 0.3) is 0 Å². The van der Waals surface area contributed by atoms with Gasteiger partial charge in [-0.25, -0.2) is 4.39 Å². The first-order valence-electron chi connectivity index (χ1n) is 8.57. The van der Waals surface area contributed by atoms with Gasteiger partial charge in [-0.2, -0.15) is 0 Å². The summed E-state index contributed by atoms with van der Waals surface area (Å²) in [5, 5.41) is 0. The van der Waals surface area contributed by atoms with Crippen LogP contribution >= 0.6 is 0 Å². The van der Waals surface area contributed by atoms with Gasteiger partial charge in [-0.1, -0.05) is 12.5 Å². The lowest BCUT2D eigenvalue weighted by Gasteiger charge is -2.37. The maximum atomic E-state index is 13.5. The van der Waals surface area contributed by atoms with Gasteiger partial charge in [-0.3, -0.25) is 9.69 Å². The predicted octanol–water partition coefficient (Wildman–Crippen LogP) is 2.91. The summed E-state index contributed by atoms with van der Waals surface area (Å²) in [5.41, 5.74) is 0.611. The van der Waals surface area contributed by atoms with Crippen molar-refractivity contribution in [2.75, 3.05) is 33.9 Å². The Morgan fingerprint density at radius 3 is 2.65 bits per heavy atom. The molecule has 23 heavy (non-hydrogen) atoms. The van der Waals surface area contributed by atoms with Gasteiger partial charge >= 0.3 is 0 Å². The smallest absolute Gasteiger partial charge is 0.239 e. The van der Waals surface area contributed by atoms with Gasteiger partial charge in [0.25, 0.3) is 0 Å². The quantitative estimate of drug-likeness (QED) is 0.533. The molecule has 0 aromatic carbocycles. The number of ether oxygens (including phenoxy) is 1. The van der Waals surface area contributed by atoms with Gasteiger partial charge in [-0.15, -0.1) is 0 Å². The van der Waals surface area contributed by atoms with E-state index >= 15 is 0 Å². The Morgan fingerprint density at radius 2 is 2.09 bits per heavy atom. The zero-order valence-corrected chi connectivity index (χ0v) is 14.6. The van der Waals surface area contributed by atoms with E-state index in [2.05, 4.69) is 4.90 Å². The number of carbonyl (C=O) groups is 1. The van der Waals surface area contributed by atoms with Crippen LogP contribution in [0.5, 0.6) is 0 Å². The van der Waals surface area contributed by atoms with Crippen LogP contribution in [0, 0.1) is 0 Å². The topological polar surface area (TPSA) is 32.8 Å². The molecule has 0 spiro atoms. The van der Waals surface area contributed by atoms with Crippen LogP contribution in [0.3, 0.4) is 0 Å². The molecule has 2 rings (SSSR count). The lowest BCUT2D eigenvalue weighted by atomic mass is 9.99. The molecular formula is C18H29FN2O2. The van der Waals surface area contributed by atoms with Crippen LogP contribution in [0.2, 0.25) is 0 Å². The molecule has 1 atom stereocenters. The van der Waals surface area contributed by atoms with E-state index in [1.807, 2.05) is 24.9 Å². The highest BCUT2D eigenvalue weighted by Gasteiger charge is 2.36. The zero-order valence-electron chi connectivity index (χ0n) is 14.6. The third-order valence-corrected chi connectivity index (χ3v) is 4.78. The number of allylic oxidation sites excluding steroid dienone is 2. The van der Waals surface area contributed by atoms with E-state index in [-0.39, 0.29) is 11.9 Å². The predicted molar refractivity (Wildman–Crippen MR) is 89.8 cm³/mol. The average Bonchev–Trinajstić information content (AvgIpc) is 3.42. The van der Waals surface area contributed by atoms with Crippen molar-refractivity contribution in [3.63, 3.8) is 0 Å². The number of nitrogens with zero attached hydrogens (tertiary/aromatic N) is 2. The van der Waals surface area contributed by atoms with Gasteiger partial charge in [-0.05, 0) is 45.2 Å². The summed E-state index contributed by atoms with van der Waals surface area (Å²) < 4.78 is 18.8. The Morgan fingerprint density at radius 1 is 1.35 bits per heavy atom. The first-order valence-corrected chi connectivity index (χ1v) is 8.57. The minimum atomic E-state index is -0.552. The van der Waals surface area contributed by atoms with Crippen molar-refractivity contribution >= 4 is 5.91 Å². The third kappa shape index (κ3) is 4.56. The number of carbonyl (C=O) groups excluding carboxylic acids is 1. The maximum absolute atomic E-state index is 13.5. The van der Waals surface area contributed by atoms with Crippen molar-refractivity contribution in [3.8, 4) is 0 Å². The lowest BCUT2D eigenvalue weighted by Crippen LogP contribution is -2.51. The molecule has 2 aliphatic rings. The van der Waals surface area contributed by atoms with Crippen molar-refractivity contribution < 1.29 is 13.9 Å². The summed E-state index contributed by atoms with van der Waals surface area (Å²) in [5.74, 6) is 0.762. The first-order chi connectivity index (χ1) is 11.1. The highest BCUT2D eigenvalue weighted by atomic mass is 19.1. The number of amides is 1. The molecular weight excluding hydrogens is 295 g/mol. The molecule has 1 amide bonds. The highest BCUT2D eigenvalue weighted by Crippen LogP contribution is 2.28. The molecule has 5 heteroatoms. The third-order valence-electron chi connectivity index (χ3n) is 4.78. The number of likely N-dealkylation sites (N-methyl/N-ethyl adjacent to an activating group) is 1. The monoisotopic (exact) mass is 324 g/mol. The van der Waals surface area contributed by atoms with E-state index < -0.39 is 6.67 Å². The minimum absolute atomic E-state index is 0.125. The second-order valence-electron chi connectivity index (χ2n) is 6.47. The summed E-state index contributed by atoms with van der Waals surface area (Å²) in [6, 6.07) is 0.291. The number of halogens is 1. The molecule has 4 nitrogen and oxygen atoms in total. The van der Waals surface area contributed by atoms with Gasteiger partial charge in [0.1, 0.15) is 12.4 Å². The Kier molecular flexibility index (Phi) is 6.63. The fourth-order valence-electron chi connectivity index (χ4n) is 3.25. The molecule has 2 fully saturated rings.